The van der Waals surface area contributed by atoms with Crippen LogP contribution in [-0.4, -0.2) is 17.1 Å². The summed E-state index contributed by atoms with van der Waals surface area (Å²) in [6, 6.07) is 18.3. The number of nitrogens with zero attached hydrogens (tertiary/aromatic N) is 1. The summed E-state index contributed by atoms with van der Waals surface area (Å²) in [6.07, 6.45) is 5.92. The van der Waals surface area contributed by atoms with Crippen LogP contribution in [0.3, 0.4) is 0 Å². The van der Waals surface area contributed by atoms with Crippen molar-refractivity contribution in [1.82, 2.24) is 4.98 Å². The van der Waals surface area contributed by atoms with Crippen molar-refractivity contribution in [2.45, 2.75) is 44.4 Å². The van der Waals surface area contributed by atoms with Gasteiger partial charge in [-0.2, -0.15) is 0 Å². The van der Waals surface area contributed by atoms with Crippen molar-refractivity contribution in [3.8, 4) is 16.9 Å². The van der Waals surface area contributed by atoms with Gasteiger partial charge in [0.25, 0.3) is 0 Å². The van der Waals surface area contributed by atoms with Crippen LogP contribution in [0.5, 0.6) is 5.75 Å². The van der Waals surface area contributed by atoms with Crippen molar-refractivity contribution in [3.63, 3.8) is 0 Å². The first kappa shape index (κ1) is 21.0. The summed E-state index contributed by atoms with van der Waals surface area (Å²) in [6.45, 7) is 0.449. The molecule has 3 N–H and O–H groups in total. The average Bonchev–Trinajstić information content (AvgIpc) is 2.75. The van der Waals surface area contributed by atoms with E-state index in [0.29, 0.717) is 28.7 Å². The van der Waals surface area contributed by atoms with Crippen LogP contribution in [-0.2, 0) is 6.61 Å². The van der Waals surface area contributed by atoms with E-state index in [1.807, 2.05) is 54.6 Å². The van der Waals surface area contributed by atoms with E-state index in [2.05, 4.69) is 10.3 Å². The lowest BCUT2D eigenvalue weighted by atomic mass is 9.92. The van der Waals surface area contributed by atoms with Crippen LogP contribution in [0, 0.1) is 0 Å². The van der Waals surface area contributed by atoms with E-state index in [0.717, 1.165) is 53.9 Å². The van der Waals surface area contributed by atoms with Crippen LogP contribution in [0.2, 0.25) is 10.0 Å². The van der Waals surface area contributed by atoms with Crippen LogP contribution in [0.1, 0.15) is 31.2 Å². The molecule has 0 atom stereocenters. The Morgan fingerprint density at radius 1 is 1.00 bits per heavy atom. The predicted molar refractivity (Wildman–Crippen MR) is 124 cm³/mol. The Balaban J connectivity index is 1.48. The van der Waals surface area contributed by atoms with E-state index in [9.17, 15) is 0 Å². The Kier molecular flexibility index (Phi) is 6.78. The van der Waals surface area contributed by atoms with Gasteiger partial charge in [-0.3, -0.25) is 0 Å². The molecule has 1 saturated carbocycles. The maximum Gasteiger partial charge on any atom is 0.126 e. The lowest BCUT2D eigenvalue weighted by molar-refractivity contribution is 0.306. The fraction of sp³-hybridized carbons (Fsp3) is 0.292. The molecule has 30 heavy (non-hydrogen) atoms. The second-order valence-corrected chi connectivity index (χ2v) is 8.60. The zero-order valence-electron chi connectivity index (χ0n) is 16.7. The average molecular weight is 442 g/mol. The van der Waals surface area contributed by atoms with Gasteiger partial charge in [0, 0.05) is 28.9 Å². The summed E-state index contributed by atoms with van der Waals surface area (Å²) in [7, 11) is 0. The molecular weight excluding hydrogens is 417 g/mol. The van der Waals surface area contributed by atoms with Crippen LogP contribution in [0.15, 0.2) is 60.8 Å². The molecule has 0 radical (unpaired) electrons. The Morgan fingerprint density at radius 2 is 1.80 bits per heavy atom. The highest BCUT2D eigenvalue weighted by atomic mass is 35.5. The molecule has 1 aromatic heterocycles. The fourth-order valence-electron chi connectivity index (χ4n) is 3.76. The Hall–Kier alpha value is -2.27. The molecular formula is C24H25Cl2N3O. The smallest absolute Gasteiger partial charge is 0.126 e. The number of anilines is 1. The molecule has 156 valence electrons. The minimum Gasteiger partial charge on any atom is -0.489 e. The van der Waals surface area contributed by atoms with Crippen LogP contribution >= 0.6 is 23.2 Å². The highest BCUT2D eigenvalue weighted by Crippen LogP contribution is 2.32. The Bertz CT molecular complexity index is 1000. The minimum absolute atomic E-state index is 0.325. The van der Waals surface area contributed by atoms with E-state index in [1.165, 1.54) is 0 Å². The number of nitrogens with one attached hydrogen (secondary N) is 1. The molecule has 6 heteroatoms. The first-order valence-corrected chi connectivity index (χ1v) is 11.0. The molecule has 0 aliphatic heterocycles. The summed E-state index contributed by atoms with van der Waals surface area (Å²) in [5.74, 6) is 1.61. The van der Waals surface area contributed by atoms with Gasteiger partial charge in [0.15, 0.2) is 0 Å². The van der Waals surface area contributed by atoms with Gasteiger partial charge in [-0.05, 0) is 67.1 Å². The van der Waals surface area contributed by atoms with Gasteiger partial charge in [-0.15, -0.1) is 0 Å². The van der Waals surface area contributed by atoms with Crippen LogP contribution < -0.4 is 15.8 Å². The largest absolute Gasteiger partial charge is 0.489 e. The summed E-state index contributed by atoms with van der Waals surface area (Å²) in [4.78, 5) is 4.47. The van der Waals surface area contributed by atoms with Crippen molar-refractivity contribution in [2.75, 3.05) is 5.32 Å². The number of ether oxygens (including phenoxy) is 1. The predicted octanol–water partition coefficient (Wildman–Crippen LogP) is 6.32. The molecule has 4 nitrogen and oxygen atoms in total. The van der Waals surface area contributed by atoms with Crippen LogP contribution in [0.4, 0.5) is 5.82 Å². The molecule has 4 rings (SSSR count). The third-order valence-corrected chi connectivity index (χ3v) is 5.96. The molecule has 0 amide bonds. The number of rotatable bonds is 6. The molecule has 0 unspecified atom stereocenters. The van der Waals surface area contributed by atoms with Crippen LogP contribution in [0.25, 0.3) is 11.1 Å². The second-order valence-electron chi connectivity index (χ2n) is 7.75. The second kappa shape index (κ2) is 9.69. The highest BCUT2D eigenvalue weighted by molar-refractivity contribution is 6.33. The van der Waals surface area contributed by atoms with Crippen molar-refractivity contribution < 1.29 is 4.74 Å². The number of hydrogen-bond acceptors (Lipinski definition) is 4. The third kappa shape index (κ3) is 5.45. The van der Waals surface area contributed by atoms with E-state index in [4.69, 9.17) is 33.7 Å². The fourth-order valence-corrected chi connectivity index (χ4v) is 4.18. The Labute approximate surface area is 187 Å². The number of pyridine rings is 1. The number of nitrogens with two attached hydrogens (primary N) is 1. The first-order valence-electron chi connectivity index (χ1n) is 10.2. The summed E-state index contributed by atoms with van der Waals surface area (Å²) in [5, 5.41) is 4.85. The van der Waals surface area contributed by atoms with Crippen molar-refractivity contribution >= 4 is 29.0 Å². The zero-order valence-corrected chi connectivity index (χ0v) is 18.2. The maximum atomic E-state index is 6.47. The topological polar surface area (TPSA) is 60.2 Å². The monoisotopic (exact) mass is 441 g/mol. The molecule has 1 fully saturated rings. The van der Waals surface area contributed by atoms with Gasteiger partial charge in [0.05, 0.1) is 5.02 Å². The molecule has 0 bridgehead atoms. The lowest BCUT2D eigenvalue weighted by Crippen LogP contribution is -2.33. The lowest BCUT2D eigenvalue weighted by Gasteiger charge is -2.27. The van der Waals surface area contributed by atoms with Gasteiger partial charge >= 0.3 is 0 Å². The van der Waals surface area contributed by atoms with Gasteiger partial charge in [0.1, 0.15) is 18.2 Å². The van der Waals surface area contributed by atoms with Gasteiger partial charge in [-0.1, -0.05) is 47.5 Å². The van der Waals surface area contributed by atoms with E-state index in [1.54, 1.807) is 6.20 Å². The third-order valence-electron chi connectivity index (χ3n) is 5.42. The minimum atomic E-state index is 0.325. The maximum absolute atomic E-state index is 6.47. The van der Waals surface area contributed by atoms with E-state index < -0.39 is 0 Å². The standard InChI is InChI=1S/C24H25Cl2N3O/c25-18-5-1-3-16(11-18)15-30-21-6-2-4-17(12-21)22-13-24(28-14-23(22)26)29-20-9-7-19(27)8-10-20/h1-6,11-14,19-20H,7-10,15,27H2,(H,28,29). The van der Waals surface area contributed by atoms with E-state index >= 15 is 0 Å². The summed E-state index contributed by atoms with van der Waals surface area (Å²) in [5.41, 5.74) is 8.95. The number of benzene rings is 2. The molecule has 3 aromatic rings. The molecule has 1 aliphatic carbocycles. The van der Waals surface area contributed by atoms with Gasteiger partial charge in [-0.25, -0.2) is 4.98 Å². The molecule has 2 aromatic carbocycles. The summed E-state index contributed by atoms with van der Waals surface area (Å²) < 4.78 is 5.97. The molecule has 1 aliphatic rings. The van der Waals surface area contributed by atoms with E-state index in [-0.39, 0.29) is 0 Å². The van der Waals surface area contributed by atoms with Gasteiger partial charge in [0.2, 0.25) is 0 Å². The highest BCUT2D eigenvalue weighted by Gasteiger charge is 2.19. The van der Waals surface area contributed by atoms with Crippen molar-refractivity contribution in [2.24, 2.45) is 5.73 Å². The molecule has 0 spiro atoms. The molecule has 1 heterocycles. The normalized spacial score (nSPS) is 18.8. The first-order chi connectivity index (χ1) is 14.6. The Morgan fingerprint density at radius 3 is 2.60 bits per heavy atom. The number of hydrogen-bond donors (Lipinski definition) is 2. The number of aromatic nitrogens is 1. The van der Waals surface area contributed by atoms with Crippen molar-refractivity contribution in [3.05, 3.63) is 76.4 Å². The summed E-state index contributed by atoms with van der Waals surface area (Å²) >= 11 is 12.5. The van der Waals surface area contributed by atoms with Crippen molar-refractivity contribution in [1.29, 1.82) is 0 Å². The molecule has 0 saturated heterocycles. The SMILES string of the molecule is NC1CCC(Nc2cc(-c3cccc(OCc4cccc(Cl)c4)c3)c(Cl)cn2)CC1. The quantitative estimate of drug-likeness (QED) is 0.469. The van der Waals surface area contributed by atoms with Gasteiger partial charge < -0.3 is 15.8 Å². The number of halogens is 2. The zero-order chi connectivity index (χ0) is 20.9.